The molecule has 4 aromatic carbocycles. The van der Waals surface area contributed by atoms with Gasteiger partial charge in [0.2, 0.25) is 0 Å². The van der Waals surface area contributed by atoms with Gasteiger partial charge in [-0.15, -0.1) is 0 Å². The molecule has 760 valence electrons. The predicted octanol–water partition coefficient (Wildman–Crippen LogP) is 18.1. The van der Waals surface area contributed by atoms with Crippen molar-refractivity contribution in [2.45, 2.75) is 181 Å². The molecule has 12 aromatic rings. The van der Waals surface area contributed by atoms with Crippen LogP contribution in [-0.2, 0) is 0 Å². The molecule has 16 heterocycles. The Morgan fingerprint density at radius 1 is 0.299 bits per heavy atom. The minimum absolute atomic E-state index is 0.244. The summed E-state index contributed by atoms with van der Waals surface area (Å²) in [5, 5.41) is 98.3. The SMILES string of the molecule is C[C@H](CCO)N1CCC[C@@H](C2CN(c3cnc4c(C#N)nn([C@H](C)c5ccc(Cl)cc5Cl)c4n3)C2)C1.C[C@H](CCO)N1CCC[C@H](C2CN(c3cnc4c(C#N)nn([C@H](C)c5ccc(Cl)cc5Cl)c4n3)C2)C1.C[C@H](c1ccc(Cl)cc1Cl)n1nc(C#N)c2ncc(N3CC([C@@H]4CCCN([C@@H](C)CCO)C4)C3)nc21.C[C@H](c1ccc(Cl)cc1Cl)n1nc(C#N)c2ncc(N3CC([C@H]4CCCN([C@@H](C)CCO)C4)C3)nc21. The average Bonchev–Trinajstić information content (AvgIpc) is 1.66. The van der Waals surface area contributed by atoms with E-state index in [0.717, 1.165) is 176 Å². The van der Waals surface area contributed by atoms with Crippen LogP contribution in [0.15, 0.2) is 97.6 Å². The molecule has 0 unspecified atom stereocenters. The van der Waals surface area contributed by atoms with Crippen LogP contribution in [0.1, 0.15) is 202 Å². The van der Waals surface area contributed by atoms with Crippen LogP contribution in [0.4, 0.5) is 23.3 Å². The van der Waals surface area contributed by atoms with Crippen molar-refractivity contribution < 1.29 is 20.4 Å². The number of aliphatic hydroxyl groups excluding tert-OH is 4. The van der Waals surface area contributed by atoms with E-state index in [1.54, 1.807) is 92.0 Å². The number of likely N-dealkylation sites (tertiary alicyclic amines) is 4. The summed E-state index contributed by atoms with van der Waals surface area (Å²) in [5.74, 6) is 8.37. The van der Waals surface area contributed by atoms with Crippen molar-refractivity contribution in [2.75, 3.05) is 151 Å². The van der Waals surface area contributed by atoms with Crippen LogP contribution in [0, 0.1) is 92.7 Å². The number of hydrogen-bond acceptors (Lipinski definition) is 28. The van der Waals surface area contributed by atoms with Crippen LogP contribution in [0.25, 0.3) is 44.7 Å². The molecule has 32 nitrogen and oxygen atoms in total. The average molecular weight is 2110 g/mol. The van der Waals surface area contributed by atoms with E-state index in [-0.39, 0.29) is 73.4 Å². The Hall–Kier alpha value is -9.76. The number of fused-ring (bicyclic) bond motifs is 4. The van der Waals surface area contributed by atoms with Crippen LogP contribution in [0.3, 0.4) is 0 Å². The van der Waals surface area contributed by atoms with Crippen LogP contribution in [0.2, 0.25) is 40.2 Å². The Bertz CT molecular complexity index is 5920. The molecule has 0 amide bonds. The molecule has 8 aromatic heterocycles. The first-order valence-electron chi connectivity index (χ1n) is 50.4. The molecule has 0 aliphatic carbocycles. The maximum atomic E-state index is 9.64. The predicted molar refractivity (Wildman–Crippen MR) is 566 cm³/mol. The lowest BCUT2D eigenvalue weighted by molar-refractivity contribution is 0.0790. The van der Waals surface area contributed by atoms with Crippen molar-refractivity contribution in [1.29, 1.82) is 21.0 Å². The summed E-state index contributed by atoms with van der Waals surface area (Å²) in [6.07, 6.45) is 20.2. The number of nitriles is 4. The van der Waals surface area contributed by atoms with E-state index in [1.165, 1.54) is 51.4 Å². The summed E-state index contributed by atoms with van der Waals surface area (Å²) in [4.78, 5) is 57.2. The van der Waals surface area contributed by atoms with Gasteiger partial charge in [-0.05, 0) is 277 Å². The van der Waals surface area contributed by atoms with Gasteiger partial charge in [0.25, 0.3) is 0 Å². The highest BCUT2D eigenvalue weighted by atomic mass is 35.5. The third-order valence-corrected chi connectivity index (χ3v) is 33.6. The fraction of sp³-hybridized carbons (Fsp3) is 0.538. The zero-order chi connectivity index (χ0) is 102. The molecule has 144 heavy (non-hydrogen) atoms. The van der Waals surface area contributed by atoms with Gasteiger partial charge in [-0.3, -0.25) is 0 Å². The summed E-state index contributed by atoms with van der Waals surface area (Å²) < 4.78 is 6.94. The van der Waals surface area contributed by atoms with Crippen molar-refractivity contribution >= 4 is 161 Å². The number of piperidine rings is 4. The number of benzene rings is 4. The van der Waals surface area contributed by atoms with Crippen molar-refractivity contribution in [3.8, 4) is 24.3 Å². The molecule has 8 saturated heterocycles. The highest BCUT2D eigenvalue weighted by Gasteiger charge is 2.44. The van der Waals surface area contributed by atoms with Gasteiger partial charge < -0.3 is 59.6 Å². The zero-order valence-corrected chi connectivity index (χ0v) is 88.5. The number of halogens is 8. The van der Waals surface area contributed by atoms with Crippen LogP contribution in [-0.4, -0.2) is 274 Å². The monoisotopic (exact) mass is 2110 g/mol. The minimum Gasteiger partial charge on any atom is -0.396 e. The molecule has 8 aliphatic rings. The van der Waals surface area contributed by atoms with Crippen molar-refractivity contribution in [1.82, 2.24) is 98.6 Å². The summed E-state index contributed by atoms with van der Waals surface area (Å²) in [6, 6.07) is 30.8. The molecule has 12 atom stereocenters. The first-order valence-corrected chi connectivity index (χ1v) is 53.4. The molecular weight excluding hydrogens is 1990 g/mol. The number of nitrogens with zero attached hydrogens (tertiary/aromatic N) is 28. The van der Waals surface area contributed by atoms with E-state index >= 15 is 0 Å². The molecule has 8 aliphatic heterocycles. The molecule has 0 radical (unpaired) electrons. The van der Waals surface area contributed by atoms with E-state index < -0.39 is 0 Å². The fourth-order valence-electron chi connectivity index (χ4n) is 22.2. The molecular formula is C104H124Cl8N28O4. The summed E-state index contributed by atoms with van der Waals surface area (Å²) in [6.45, 7) is 34.2. The van der Waals surface area contributed by atoms with E-state index in [4.69, 9.17) is 113 Å². The Labute approximate surface area is 880 Å². The maximum Gasteiger partial charge on any atom is 0.190 e. The first-order chi connectivity index (χ1) is 69.6. The summed E-state index contributed by atoms with van der Waals surface area (Å²) in [7, 11) is 0. The highest BCUT2D eigenvalue weighted by Crippen LogP contribution is 2.44. The van der Waals surface area contributed by atoms with E-state index in [9.17, 15) is 41.5 Å². The third kappa shape index (κ3) is 23.1. The van der Waals surface area contributed by atoms with Gasteiger partial charge in [0.1, 0.15) is 69.6 Å². The molecule has 40 heteroatoms. The second kappa shape index (κ2) is 47.2. The van der Waals surface area contributed by atoms with Crippen molar-refractivity contribution in [3.05, 3.63) is 183 Å². The van der Waals surface area contributed by atoms with Crippen LogP contribution < -0.4 is 19.6 Å². The number of aliphatic hydroxyl groups is 4. The van der Waals surface area contributed by atoms with E-state index in [0.29, 0.717) is 156 Å². The number of anilines is 4. The van der Waals surface area contributed by atoms with E-state index in [1.807, 2.05) is 52.0 Å². The topological polar surface area (TPSA) is 376 Å². The lowest BCUT2D eigenvalue weighted by Crippen LogP contribution is -2.54. The second-order valence-electron chi connectivity index (χ2n) is 40.3. The molecule has 8 fully saturated rings. The first kappa shape index (κ1) is 106. The van der Waals surface area contributed by atoms with Crippen LogP contribution >= 0.6 is 92.8 Å². The van der Waals surface area contributed by atoms with Gasteiger partial charge in [-0.2, -0.15) is 41.4 Å². The normalized spacial score (nSPS) is 20.8. The van der Waals surface area contributed by atoms with Gasteiger partial charge >= 0.3 is 0 Å². The maximum absolute atomic E-state index is 9.64. The third-order valence-electron chi connectivity index (χ3n) is 31.3. The largest absolute Gasteiger partial charge is 0.396 e. The quantitative estimate of drug-likeness (QED) is 0.0354. The smallest absolute Gasteiger partial charge is 0.190 e. The number of hydrogen-bond donors (Lipinski definition) is 4. The molecule has 0 bridgehead atoms. The summed E-state index contributed by atoms with van der Waals surface area (Å²) >= 11 is 50.2. The Morgan fingerprint density at radius 3 is 0.681 bits per heavy atom. The second-order valence-corrected chi connectivity index (χ2v) is 43.7. The van der Waals surface area contributed by atoms with Gasteiger partial charge in [-0.25, -0.2) is 58.6 Å². The Balaban J connectivity index is 0.000000132. The van der Waals surface area contributed by atoms with Crippen molar-refractivity contribution in [2.24, 2.45) is 47.3 Å². The summed E-state index contributed by atoms with van der Waals surface area (Å²) in [5.41, 5.74) is 8.70. The molecule has 20 rings (SSSR count). The van der Waals surface area contributed by atoms with Gasteiger partial charge in [0.15, 0.2) is 45.4 Å². The van der Waals surface area contributed by atoms with E-state index in [2.05, 4.69) is 132 Å². The van der Waals surface area contributed by atoms with Crippen molar-refractivity contribution in [3.63, 3.8) is 0 Å². The lowest BCUT2D eigenvalue weighted by atomic mass is 9.80. The molecule has 4 N–H and O–H groups in total. The van der Waals surface area contributed by atoms with Gasteiger partial charge in [-0.1, -0.05) is 117 Å². The standard InChI is InChI=1S/4C26H31Cl2N7O/c4*1-16(7-9-36)33-8-3-4-18(13-33)19-14-34(15-19)24-12-30-25-23(11-29)32-35(26(25)31-24)17(2)21-6-5-20(27)10-22(21)28/h4*5-6,10,12,16-19,36H,3-4,7-9,13-15H2,1-2H3/t16-,17+,18+;16-,17+,18-;16-,17-,18+;16-,17-,18-/m0011/s1. The fourth-order valence-corrected chi connectivity index (χ4v) is 24.5. The minimum atomic E-state index is -0.248. The zero-order valence-electron chi connectivity index (χ0n) is 82.4. The number of aromatic nitrogens is 16. The van der Waals surface area contributed by atoms with Gasteiger partial charge in [0, 0.05) is 169 Å². The van der Waals surface area contributed by atoms with Gasteiger partial charge in [0.05, 0.1) is 49.0 Å². The highest BCUT2D eigenvalue weighted by molar-refractivity contribution is 6.37. The molecule has 0 saturated carbocycles. The number of rotatable bonds is 28. The lowest BCUT2D eigenvalue weighted by Gasteiger charge is -2.48. The Morgan fingerprint density at radius 2 is 0.500 bits per heavy atom. The Kier molecular flexibility index (Phi) is 34.6. The van der Waals surface area contributed by atoms with Crippen LogP contribution in [0.5, 0.6) is 0 Å². The molecule has 0 spiro atoms.